The minimum absolute atomic E-state index is 0.135. The molecule has 0 heterocycles. The van der Waals surface area contributed by atoms with Gasteiger partial charge in [-0.2, -0.15) is 0 Å². The Morgan fingerprint density at radius 2 is 1.77 bits per heavy atom. The van der Waals surface area contributed by atoms with Crippen LogP contribution >= 0.6 is 62.3 Å². The first-order chi connectivity index (χ1) is 10.00. The number of hydrogen-bond acceptors (Lipinski definition) is 2. The number of ether oxygens (including phenoxy) is 2. The molecule has 0 aromatic rings. The molecule has 0 spiro atoms. The van der Waals surface area contributed by atoms with Crippen LogP contribution in [-0.2, 0) is 9.47 Å². The average molecular weight is 451 g/mol. The largest absolute Gasteiger partial charge is 0.350 e. The van der Waals surface area contributed by atoms with Crippen molar-refractivity contribution < 1.29 is 9.47 Å². The zero-order valence-corrected chi connectivity index (χ0v) is 17.3. The van der Waals surface area contributed by atoms with E-state index in [4.69, 9.17) is 55.9 Å². The highest BCUT2D eigenvalue weighted by molar-refractivity contribution is 9.10. The van der Waals surface area contributed by atoms with Crippen LogP contribution in [0, 0.1) is 17.8 Å². The minimum atomic E-state index is -1.31. The zero-order valence-electron chi connectivity index (χ0n) is 12.7. The van der Waals surface area contributed by atoms with E-state index in [1.165, 1.54) is 14.2 Å². The van der Waals surface area contributed by atoms with Crippen molar-refractivity contribution in [2.24, 2.45) is 5.92 Å². The number of fused-ring (bicyclic) bond motifs is 2. The Balaban J connectivity index is 2.45. The van der Waals surface area contributed by atoms with Gasteiger partial charge in [-0.25, -0.2) is 0 Å². The molecule has 0 aliphatic heterocycles. The molecule has 0 amide bonds. The van der Waals surface area contributed by atoms with Crippen LogP contribution in [-0.4, -0.2) is 34.1 Å². The van der Waals surface area contributed by atoms with Gasteiger partial charge in [-0.05, 0) is 20.3 Å². The Morgan fingerprint density at radius 3 is 2.18 bits per heavy atom. The second kappa shape index (κ2) is 5.99. The Morgan fingerprint density at radius 1 is 1.23 bits per heavy atom. The third kappa shape index (κ3) is 2.37. The first-order valence-electron chi connectivity index (χ1n) is 6.73. The van der Waals surface area contributed by atoms with Gasteiger partial charge in [0.15, 0.2) is 0 Å². The minimum Gasteiger partial charge on any atom is -0.350 e. The molecular formula is C15H17BrCl4O2. The molecule has 0 radical (unpaired) electrons. The number of halogens is 5. The van der Waals surface area contributed by atoms with E-state index >= 15 is 0 Å². The molecule has 0 N–H and O–H groups in total. The van der Waals surface area contributed by atoms with Gasteiger partial charge in [0, 0.05) is 26.6 Å². The van der Waals surface area contributed by atoms with E-state index in [1.807, 2.05) is 13.8 Å². The average Bonchev–Trinajstić information content (AvgIpc) is 2.69. The molecule has 7 heteroatoms. The quantitative estimate of drug-likeness (QED) is 0.333. The fourth-order valence-corrected chi connectivity index (χ4v) is 5.59. The smallest absolute Gasteiger partial charge is 0.217 e. The van der Waals surface area contributed by atoms with Crippen molar-refractivity contribution in [2.75, 3.05) is 14.2 Å². The van der Waals surface area contributed by atoms with Gasteiger partial charge in [0.2, 0.25) is 5.79 Å². The van der Waals surface area contributed by atoms with Crippen LogP contribution in [0.3, 0.4) is 0 Å². The van der Waals surface area contributed by atoms with Gasteiger partial charge in [0.25, 0.3) is 0 Å². The molecule has 2 aliphatic carbocycles. The van der Waals surface area contributed by atoms with Gasteiger partial charge < -0.3 is 9.47 Å². The van der Waals surface area contributed by atoms with E-state index in [1.54, 1.807) is 0 Å². The van der Waals surface area contributed by atoms with E-state index in [-0.39, 0.29) is 15.3 Å². The predicted molar refractivity (Wildman–Crippen MR) is 96.2 cm³/mol. The molecule has 124 valence electrons. The molecule has 1 fully saturated rings. The maximum absolute atomic E-state index is 6.88. The molecule has 22 heavy (non-hydrogen) atoms. The van der Waals surface area contributed by atoms with Crippen molar-refractivity contribution in [3.8, 4) is 11.8 Å². The summed E-state index contributed by atoms with van der Waals surface area (Å²) in [5.41, 5.74) is 0. The zero-order chi connectivity index (χ0) is 17.0. The summed E-state index contributed by atoms with van der Waals surface area (Å²) in [5, 5.41) is 0.574. The molecule has 3 atom stereocenters. The molecule has 0 aromatic heterocycles. The number of methoxy groups -OCH3 is 2. The topological polar surface area (TPSA) is 18.5 Å². The van der Waals surface area contributed by atoms with E-state index in [2.05, 4.69) is 27.8 Å². The van der Waals surface area contributed by atoms with Crippen LogP contribution in [0.5, 0.6) is 0 Å². The van der Waals surface area contributed by atoms with Gasteiger partial charge in [0.05, 0.1) is 14.4 Å². The van der Waals surface area contributed by atoms with Crippen molar-refractivity contribution in [1.29, 1.82) is 0 Å². The summed E-state index contributed by atoms with van der Waals surface area (Å²) in [6.45, 7) is 3.94. The highest BCUT2D eigenvalue weighted by atomic mass is 79.9. The first-order valence-corrected chi connectivity index (χ1v) is 9.04. The van der Waals surface area contributed by atoms with Crippen LogP contribution in [0.15, 0.2) is 10.1 Å². The van der Waals surface area contributed by atoms with Crippen LogP contribution in [0.2, 0.25) is 0 Å². The normalized spacial score (nSPS) is 36.5. The van der Waals surface area contributed by atoms with Gasteiger partial charge in [-0.15, -0.1) is 29.1 Å². The second-order valence-electron chi connectivity index (χ2n) is 6.05. The summed E-state index contributed by atoms with van der Waals surface area (Å²) in [7, 11) is 2.99. The highest BCUT2D eigenvalue weighted by Crippen LogP contribution is 2.72. The molecule has 2 bridgehead atoms. The van der Waals surface area contributed by atoms with Gasteiger partial charge >= 0.3 is 0 Å². The van der Waals surface area contributed by atoms with Gasteiger partial charge in [-0.3, -0.25) is 0 Å². The summed E-state index contributed by atoms with van der Waals surface area (Å²) < 4.78 is 10.9. The summed E-state index contributed by atoms with van der Waals surface area (Å²) >= 11 is 29.9. The molecular weight excluding hydrogens is 434 g/mol. The van der Waals surface area contributed by atoms with Crippen LogP contribution in [0.4, 0.5) is 0 Å². The van der Waals surface area contributed by atoms with Crippen molar-refractivity contribution in [3.05, 3.63) is 10.1 Å². The highest BCUT2D eigenvalue weighted by Gasteiger charge is 2.80. The third-order valence-corrected chi connectivity index (χ3v) is 7.09. The van der Waals surface area contributed by atoms with Crippen molar-refractivity contribution in [1.82, 2.24) is 0 Å². The maximum atomic E-state index is 6.88. The van der Waals surface area contributed by atoms with Crippen molar-refractivity contribution in [2.45, 2.75) is 46.5 Å². The standard InChI is InChI=1S/C15H17BrCl4O2/c1-12(2,16)7-5-6-9-8-13(19)10(17)11(18)14(9,20)15(13,21-3)22-4/h9H,6,8H2,1-4H3/t9-,13-,14-/m0/s1. The van der Waals surface area contributed by atoms with E-state index in [0.717, 1.165) is 0 Å². The number of rotatable bonds is 3. The van der Waals surface area contributed by atoms with Crippen LogP contribution in [0.1, 0.15) is 26.7 Å². The van der Waals surface area contributed by atoms with Crippen molar-refractivity contribution in [3.63, 3.8) is 0 Å². The van der Waals surface area contributed by atoms with Crippen LogP contribution in [0.25, 0.3) is 0 Å². The lowest BCUT2D eigenvalue weighted by Crippen LogP contribution is -2.56. The molecule has 0 unspecified atom stereocenters. The lowest BCUT2D eigenvalue weighted by molar-refractivity contribution is -0.218. The Hall–Kier alpha value is 0.860. The fourth-order valence-electron chi connectivity index (χ4n) is 3.36. The van der Waals surface area contributed by atoms with E-state index in [0.29, 0.717) is 17.9 Å². The molecule has 0 aromatic carbocycles. The Kier molecular flexibility index (Phi) is 5.22. The summed E-state index contributed by atoms with van der Waals surface area (Å²) in [6.07, 6.45) is 0.994. The summed E-state index contributed by atoms with van der Waals surface area (Å²) in [6, 6.07) is 0. The van der Waals surface area contributed by atoms with E-state index in [9.17, 15) is 0 Å². The molecule has 2 rings (SSSR count). The maximum Gasteiger partial charge on any atom is 0.217 e. The number of hydrogen-bond donors (Lipinski definition) is 0. The number of alkyl halides is 3. The lowest BCUT2D eigenvalue weighted by atomic mass is 9.88. The van der Waals surface area contributed by atoms with Gasteiger partial charge in [-0.1, -0.05) is 45.1 Å². The Bertz CT molecular complexity index is 570. The molecule has 0 saturated heterocycles. The third-order valence-electron chi connectivity index (χ3n) is 4.26. The molecule has 1 saturated carbocycles. The SMILES string of the molecule is COC1(OC)[C@@]2(Cl)C(Cl)=C(Cl)[C@@]1(Cl)C[C@@H]2CC#CC(C)(C)Br. The Labute approximate surface area is 159 Å². The van der Waals surface area contributed by atoms with Gasteiger partial charge in [0.1, 0.15) is 9.75 Å². The van der Waals surface area contributed by atoms with E-state index < -0.39 is 15.5 Å². The van der Waals surface area contributed by atoms with Crippen LogP contribution < -0.4 is 0 Å². The van der Waals surface area contributed by atoms with Crippen molar-refractivity contribution >= 4 is 62.3 Å². The summed E-state index contributed by atoms with van der Waals surface area (Å²) in [4.78, 5) is -2.25. The second-order valence-corrected chi connectivity index (χ2v) is 10.0. The monoisotopic (exact) mass is 448 g/mol. The summed E-state index contributed by atoms with van der Waals surface area (Å²) in [5.74, 6) is 4.81. The first kappa shape index (κ1) is 19.2. The molecule has 2 nitrogen and oxygen atoms in total. The fraction of sp³-hybridized carbons (Fsp3) is 0.733. The lowest BCUT2D eigenvalue weighted by Gasteiger charge is -2.41. The predicted octanol–water partition coefficient (Wildman–Crippen LogP) is 5.22. The molecule has 2 aliphatic rings.